The van der Waals surface area contributed by atoms with Crippen molar-refractivity contribution < 1.29 is 0 Å². The molecular weight excluding hydrogens is 152 g/mol. The normalized spacial score (nSPS) is 14.8. The molecule has 1 aromatic rings. The number of aromatic nitrogens is 2. The molecule has 0 spiro atoms. The van der Waals surface area contributed by atoms with E-state index in [9.17, 15) is 0 Å². The topological polar surface area (TPSA) is 41.0 Å². The number of hydrogen-bond donors (Lipinski definition) is 1. The van der Waals surface area contributed by atoms with Crippen molar-refractivity contribution in [2.24, 2.45) is 0 Å². The van der Waals surface area contributed by atoms with Crippen molar-refractivity contribution in [3.8, 4) is 0 Å². The molecule has 0 radical (unpaired) electrons. The largest absolute Gasteiger partial charge is 0.363 e. The highest BCUT2D eigenvalue weighted by atomic mass is 15.3. The Hall–Kier alpha value is -1.32. The SMILES string of the molecule is CC(C)N1CNc2cncnc21. The zero-order valence-electron chi connectivity index (χ0n) is 7.28. The van der Waals surface area contributed by atoms with E-state index in [0.29, 0.717) is 6.04 Å². The van der Waals surface area contributed by atoms with E-state index in [2.05, 4.69) is 34.0 Å². The summed E-state index contributed by atoms with van der Waals surface area (Å²) in [6, 6.07) is 0.480. The van der Waals surface area contributed by atoms with Crippen LogP contribution < -0.4 is 10.2 Å². The molecule has 1 aliphatic heterocycles. The quantitative estimate of drug-likeness (QED) is 0.674. The third kappa shape index (κ3) is 0.995. The number of rotatable bonds is 1. The van der Waals surface area contributed by atoms with E-state index in [0.717, 1.165) is 18.2 Å². The molecule has 12 heavy (non-hydrogen) atoms. The first-order valence-corrected chi connectivity index (χ1v) is 4.09. The van der Waals surface area contributed by atoms with Crippen molar-refractivity contribution in [1.82, 2.24) is 9.97 Å². The zero-order valence-corrected chi connectivity index (χ0v) is 7.28. The average Bonchev–Trinajstić information content (AvgIpc) is 2.47. The Morgan fingerprint density at radius 1 is 1.58 bits per heavy atom. The molecule has 0 saturated carbocycles. The monoisotopic (exact) mass is 164 g/mol. The van der Waals surface area contributed by atoms with Gasteiger partial charge in [0.05, 0.1) is 18.6 Å². The maximum Gasteiger partial charge on any atom is 0.157 e. The van der Waals surface area contributed by atoms with Crippen molar-refractivity contribution >= 4 is 11.5 Å². The molecule has 0 bridgehead atoms. The Bertz CT molecular complexity index is 284. The predicted octanol–water partition coefficient (Wildman–Crippen LogP) is 1.07. The zero-order chi connectivity index (χ0) is 8.55. The summed E-state index contributed by atoms with van der Waals surface area (Å²) in [5, 5.41) is 3.23. The van der Waals surface area contributed by atoms with Crippen LogP contribution in [0.1, 0.15) is 13.8 Å². The molecule has 0 atom stereocenters. The highest BCUT2D eigenvalue weighted by molar-refractivity contribution is 5.69. The molecule has 0 amide bonds. The lowest BCUT2D eigenvalue weighted by atomic mass is 10.3. The minimum atomic E-state index is 0.480. The van der Waals surface area contributed by atoms with Gasteiger partial charge in [-0.3, -0.25) is 0 Å². The van der Waals surface area contributed by atoms with Crippen LogP contribution in [0.5, 0.6) is 0 Å². The summed E-state index contributed by atoms with van der Waals surface area (Å²) >= 11 is 0. The van der Waals surface area contributed by atoms with Gasteiger partial charge in [-0.05, 0) is 13.8 Å². The summed E-state index contributed by atoms with van der Waals surface area (Å²) < 4.78 is 0. The van der Waals surface area contributed by atoms with Crippen LogP contribution in [-0.4, -0.2) is 22.7 Å². The smallest absolute Gasteiger partial charge is 0.157 e. The summed E-state index contributed by atoms with van der Waals surface area (Å²) in [6.45, 7) is 5.14. The average molecular weight is 164 g/mol. The summed E-state index contributed by atoms with van der Waals surface area (Å²) in [7, 11) is 0. The van der Waals surface area contributed by atoms with Gasteiger partial charge in [0.25, 0.3) is 0 Å². The van der Waals surface area contributed by atoms with Gasteiger partial charge in [0.15, 0.2) is 5.82 Å². The molecule has 0 aromatic carbocycles. The second-order valence-corrected chi connectivity index (χ2v) is 3.16. The number of nitrogens with one attached hydrogen (secondary N) is 1. The summed E-state index contributed by atoms with van der Waals surface area (Å²) in [5.74, 6) is 1.01. The molecule has 1 N–H and O–H groups in total. The van der Waals surface area contributed by atoms with Crippen LogP contribution in [0.4, 0.5) is 11.5 Å². The molecular formula is C8H12N4. The Balaban J connectivity index is 2.36. The van der Waals surface area contributed by atoms with Crippen molar-refractivity contribution in [2.45, 2.75) is 19.9 Å². The number of fused-ring (bicyclic) bond motifs is 1. The van der Waals surface area contributed by atoms with Crippen LogP contribution in [0, 0.1) is 0 Å². The number of anilines is 2. The van der Waals surface area contributed by atoms with E-state index in [1.54, 1.807) is 6.33 Å². The third-order valence-electron chi connectivity index (χ3n) is 2.03. The predicted molar refractivity (Wildman–Crippen MR) is 48.1 cm³/mol. The molecule has 4 heteroatoms. The van der Waals surface area contributed by atoms with E-state index in [-0.39, 0.29) is 0 Å². The van der Waals surface area contributed by atoms with Gasteiger partial charge in [-0.1, -0.05) is 0 Å². The van der Waals surface area contributed by atoms with Crippen LogP contribution in [0.2, 0.25) is 0 Å². The van der Waals surface area contributed by atoms with Gasteiger partial charge in [0.1, 0.15) is 6.33 Å². The van der Waals surface area contributed by atoms with Crippen LogP contribution in [0.3, 0.4) is 0 Å². The lowest BCUT2D eigenvalue weighted by Crippen LogP contribution is -2.30. The maximum atomic E-state index is 4.21. The van der Waals surface area contributed by atoms with Gasteiger partial charge in [-0.2, -0.15) is 0 Å². The van der Waals surface area contributed by atoms with E-state index in [4.69, 9.17) is 0 Å². The molecule has 4 nitrogen and oxygen atoms in total. The molecule has 1 aromatic heterocycles. The first-order valence-electron chi connectivity index (χ1n) is 4.09. The summed E-state index contributed by atoms with van der Waals surface area (Å²) in [4.78, 5) is 10.4. The fourth-order valence-electron chi connectivity index (χ4n) is 1.35. The second kappa shape index (κ2) is 2.62. The summed E-state index contributed by atoms with van der Waals surface area (Å²) in [6.07, 6.45) is 3.39. The first-order chi connectivity index (χ1) is 5.79. The fourth-order valence-corrected chi connectivity index (χ4v) is 1.35. The highest BCUT2D eigenvalue weighted by Crippen LogP contribution is 2.28. The van der Waals surface area contributed by atoms with E-state index in [1.165, 1.54) is 0 Å². The Morgan fingerprint density at radius 2 is 2.42 bits per heavy atom. The van der Waals surface area contributed by atoms with Crippen LogP contribution in [0.25, 0.3) is 0 Å². The molecule has 2 heterocycles. The van der Waals surface area contributed by atoms with Gasteiger partial charge < -0.3 is 10.2 Å². The molecule has 0 saturated heterocycles. The molecule has 1 aliphatic rings. The van der Waals surface area contributed by atoms with Gasteiger partial charge in [-0.25, -0.2) is 9.97 Å². The lowest BCUT2D eigenvalue weighted by molar-refractivity contribution is 0.717. The van der Waals surface area contributed by atoms with Crippen molar-refractivity contribution in [1.29, 1.82) is 0 Å². The van der Waals surface area contributed by atoms with Gasteiger partial charge >= 0.3 is 0 Å². The fraction of sp³-hybridized carbons (Fsp3) is 0.500. The minimum Gasteiger partial charge on any atom is -0.363 e. The molecule has 0 unspecified atom stereocenters. The molecule has 2 rings (SSSR count). The first kappa shape index (κ1) is 7.34. The Labute approximate surface area is 71.6 Å². The van der Waals surface area contributed by atoms with Crippen LogP contribution in [-0.2, 0) is 0 Å². The van der Waals surface area contributed by atoms with Gasteiger partial charge in [-0.15, -0.1) is 0 Å². The maximum absolute atomic E-state index is 4.21. The van der Waals surface area contributed by atoms with Crippen molar-refractivity contribution in [2.75, 3.05) is 16.9 Å². The van der Waals surface area contributed by atoms with E-state index >= 15 is 0 Å². The number of nitrogens with zero attached hydrogens (tertiary/aromatic N) is 3. The van der Waals surface area contributed by atoms with Gasteiger partial charge in [0.2, 0.25) is 0 Å². The Morgan fingerprint density at radius 3 is 3.17 bits per heavy atom. The Kier molecular flexibility index (Phi) is 1.60. The van der Waals surface area contributed by atoms with Gasteiger partial charge in [0, 0.05) is 6.04 Å². The third-order valence-corrected chi connectivity index (χ3v) is 2.03. The van der Waals surface area contributed by atoms with Crippen LogP contribution in [0.15, 0.2) is 12.5 Å². The van der Waals surface area contributed by atoms with E-state index < -0.39 is 0 Å². The van der Waals surface area contributed by atoms with Crippen molar-refractivity contribution in [3.05, 3.63) is 12.5 Å². The molecule has 0 aliphatic carbocycles. The highest BCUT2D eigenvalue weighted by Gasteiger charge is 2.21. The summed E-state index contributed by atoms with van der Waals surface area (Å²) in [5.41, 5.74) is 1.03. The van der Waals surface area contributed by atoms with E-state index in [1.807, 2.05) is 6.20 Å². The minimum absolute atomic E-state index is 0.480. The van der Waals surface area contributed by atoms with Crippen molar-refractivity contribution in [3.63, 3.8) is 0 Å². The van der Waals surface area contributed by atoms with Crippen LogP contribution >= 0.6 is 0 Å². The standard InChI is InChI=1S/C8H12N4/c1-6(2)12-5-11-7-3-9-4-10-8(7)12/h3-4,6,11H,5H2,1-2H3. The lowest BCUT2D eigenvalue weighted by Gasteiger charge is -2.20. The molecule has 64 valence electrons. The number of hydrogen-bond acceptors (Lipinski definition) is 4. The molecule has 0 fully saturated rings. The second-order valence-electron chi connectivity index (χ2n) is 3.16.